The quantitative estimate of drug-likeness (QED) is 0.793. The minimum Gasteiger partial charge on any atom is -0.233 e. The van der Waals surface area contributed by atoms with Gasteiger partial charge < -0.3 is 0 Å². The minimum atomic E-state index is 0.345. The molecule has 1 rings (SSSR count). The van der Waals surface area contributed by atoms with E-state index in [0.717, 1.165) is 12.1 Å². The molecule has 1 unspecified atom stereocenters. The van der Waals surface area contributed by atoms with Crippen LogP contribution in [0.5, 0.6) is 0 Å². The van der Waals surface area contributed by atoms with Crippen molar-refractivity contribution in [1.82, 2.24) is 4.84 Å². The molecule has 0 saturated heterocycles. The molecule has 0 amide bonds. The zero-order chi connectivity index (χ0) is 11.4. The topological polar surface area (TPSA) is 12.0 Å². The van der Waals surface area contributed by atoms with Crippen molar-refractivity contribution < 1.29 is 0 Å². The van der Waals surface area contributed by atoms with E-state index in [4.69, 9.17) is 35.0 Å². The molecule has 1 nitrogen and oxygen atoms in total. The van der Waals surface area contributed by atoms with Crippen LogP contribution in [-0.2, 0) is 0 Å². The highest BCUT2D eigenvalue weighted by atomic mass is 35.5. The van der Waals surface area contributed by atoms with Gasteiger partial charge in [0.1, 0.15) is 0 Å². The lowest BCUT2D eigenvalue weighted by Crippen LogP contribution is -2.18. The molecule has 0 spiro atoms. The fraction of sp³-hybridized carbons (Fsp3) is 0.455. The van der Waals surface area contributed by atoms with Crippen molar-refractivity contribution in [1.29, 1.82) is 0 Å². The van der Waals surface area contributed by atoms with Gasteiger partial charge in [0.25, 0.3) is 0 Å². The van der Waals surface area contributed by atoms with E-state index in [0.29, 0.717) is 21.9 Å². The summed E-state index contributed by atoms with van der Waals surface area (Å²) >= 11 is 17.4. The summed E-state index contributed by atoms with van der Waals surface area (Å²) in [6.07, 6.45) is 0. The molecule has 0 heterocycles. The Kier molecular flexibility index (Phi) is 5.20. The van der Waals surface area contributed by atoms with E-state index in [1.54, 1.807) is 0 Å². The minimum absolute atomic E-state index is 0.345. The van der Waals surface area contributed by atoms with Crippen molar-refractivity contribution in [3.05, 3.63) is 33.8 Å². The molecule has 15 heavy (non-hydrogen) atoms. The monoisotopic (exact) mass is 265 g/mol. The predicted octanol–water partition coefficient (Wildman–Crippen LogP) is 4.48. The van der Waals surface area contributed by atoms with Crippen LogP contribution in [0, 0.1) is 5.92 Å². The maximum atomic E-state index is 5.98. The predicted molar refractivity (Wildman–Crippen MR) is 67.9 cm³/mol. The van der Waals surface area contributed by atoms with E-state index >= 15 is 0 Å². The summed E-state index contributed by atoms with van der Waals surface area (Å²) in [6.45, 7) is 5.03. The van der Waals surface area contributed by atoms with Crippen LogP contribution in [0.25, 0.3) is 0 Å². The summed E-state index contributed by atoms with van der Waals surface area (Å²) in [4.78, 5) is 2.68. The first-order valence-corrected chi connectivity index (χ1v) is 5.98. The number of nitrogens with one attached hydrogen (secondary N) is 1. The number of hydrogen-bond donors (Lipinski definition) is 1. The molecule has 0 saturated carbocycles. The van der Waals surface area contributed by atoms with Crippen LogP contribution in [0.15, 0.2) is 18.2 Å². The van der Waals surface area contributed by atoms with Crippen molar-refractivity contribution >= 4 is 35.0 Å². The van der Waals surface area contributed by atoms with Crippen molar-refractivity contribution in [3.8, 4) is 0 Å². The third kappa shape index (κ3) is 3.53. The molecule has 1 aromatic carbocycles. The Morgan fingerprint density at radius 3 is 2.33 bits per heavy atom. The molecule has 0 aliphatic rings. The number of hydrogen-bond acceptors (Lipinski definition) is 1. The third-order valence-electron chi connectivity index (χ3n) is 2.47. The molecule has 0 aliphatic heterocycles. The van der Waals surface area contributed by atoms with Crippen molar-refractivity contribution in [2.24, 2.45) is 5.92 Å². The van der Waals surface area contributed by atoms with Crippen molar-refractivity contribution in [2.75, 3.05) is 6.54 Å². The Bertz CT molecular complexity index is 326. The maximum absolute atomic E-state index is 5.98. The SMILES string of the molecule is CC(C)C(CNCl)c1ccc(Cl)c(Cl)c1. The van der Waals surface area contributed by atoms with Crippen molar-refractivity contribution in [2.45, 2.75) is 19.8 Å². The molecule has 1 atom stereocenters. The van der Waals surface area contributed by atoms with Crippen LogP contribution < -0.4 is 4.84 Å². The summed E-state index contributed by atoms with van der Waals surface area (Å²) in [5.41, 5.74) is 1.16. The van der Waals surface area contributed by atoms with E-state index in [2.05, 4.69) is 18.7 Å². The normalized spacial score (nSPS) is 13.2. The lowest BCUT2D eigenvalue weighted by molar-refractivity contribution is 0.495. The molecule has 0 bridgehead atoms. The Hall–Kier alpha value is 0.0500. The van der Waals surface area contributed by atoms with Gasteiger partial charge in [0.05, 0.1) is 10.0 Å². The second-order valence-corrected chi connectivity index (χ2v) is 4.94. The average molecular weight is 267 g/mol. The van der Waals surface area contributed by atoms with Gasteiger partial charge in [0.15, 0.2) is 0 Å². The first kappa shape index (κ1) is 13.1. The van der Waals surface area contributed by atoms with Crippen LogP contribution in [0.2, 0.25) is 10.0 Å². The van der Waals surface area contributed by atoms with Gasteiger partial charge in [-0.1, -0.05) is 43.1 Å². The van der Waals surface area contributed by atoms with Crippen LogP contribution in [0.4, 0.5) is 0 Å². The van der Waals surface area contributed by atoms with Gasteiger partial charge in [0.2, 0.25) is 0 Å². The molecule has 1 aromatic rings. The summed E-state index contributed by atoms with van der Waals surface area (Å²) < 4.78 is 0. The van der Waals surface area contributed by atoms with Gasteiger partial charge in [-0.3, -0.25) is 0 Å². The highest BCUT2D eigenvalue weighted by Crippen LogP contribution is 2.29. The zero-order valence-corrected chi connectivity index (χ0v) is 11.0. The fourth-order valence-corrected chi connectivity index (χ4v) is 2.04. The van der Waals surface area contributed by atoms with E-state index < -0.39 is 0 Å². The first-order chi connectivity index (χ1) is 7.06. The van der Waals surface area contributed by atoms with Crippen LogP contribution in [0.3, 0.4) is 0 Å². The van der Waals surface area contributed by atoms with Gasteiger partial charge in [-0.05, 0) is 35.4 Å². The standard InChI is InChI=1S/C11H14Cl3N/c1-7(2)9(6-15-14)8-3-4-10(12)11(13)5-8/h3-5,7,9,15H,6H2,1-2H3. The smallest absolute Gasteiger partial charge is 0.0595 e. The fourth-order valence-electron chi connectivity index (χ4n) is 1.56. The Balaban J connectivity index is 2.95. The Morgan fingerprint density at radius 1 is 1.20 bits per heavy atom. The van der Waals surface area contributed by atoms with Gasteiger partial charge in [-0.25, -0.2) is 4.84 Å². The molecule has 0 radical (unpaired) electrons. The maximum Gasteiger partial charge on any atom is 0.0595 e. The lowest BCUT2D eigenvalue weighted by atomic mass is 9.89. The van der Waals surface area contributed by atoms with E-state index in [1.807, 2.05) is 18.2 Å². The molecule has 1 N–H and O–H groups in total. The summed E-state index contributed by atoms with van der Waals surface area (Å²) in [5.74, 6) is 0.839. The summed E-state index contributed by atoms with van der Waals surface area (Å²) in [6, 6.07) is 5.72. The van der Waals surface area contributed by atoms with Crippen LogP contribution in [-0.4, -0.2) is 6.54 Å². The molecular weight excluding hydrogens is 252 g/mol. The average Bonchev–Trinajstić information content (AvgIpc) is 2.18. The second kappa shape index (κ2) is 5.95. The van der Waals surface area contributed by atoms with Crippen molar-refractivity contribution in [3.63, 3.8) is 0 Å². The molecule has 0 aromatic heterocycles. The second-order valence-electron chi connectivity index (χ2n) is 3.86. The molecular formula is C11H14Cl3N. The highest BCUT2D eigenvalue weighted by molar-refractivity contribution is 6.42. The third-order valence-corrected chi connectivity index (χ3v) is 3.37. The largest absolute Gasteiger partial charge is 0.233 e. The Labute approximate surface area is 106 Å². The lowest BCUT2D eigenvalue weighted by Gasteiger charge is -2.20. The van der Waals surface area contributed by atoms with Crippen LogP contribution in [0.1, 0.15) is 25.3 Å². The van der Waals surface area contributed by atoms with Crippen LogP contribution >= 0.6 is 35.0 Å². The van der Waals surface area contributed by atoms with Gasteiger partial charge in [0, 0.05) is 12.5 Å². The van der Waals surface area contributed by atoms with E-state index in [9.17, 15) is 0 Å². The zero-order valence-electron chi connectivity index (χ0n) is 8.73. The van der Waals surface area contributed by atoms with Gasteiger partial charge in [-0.15, -0.1) is 0 Å². The summed E-state index contributed by atoms with van der Waals surface area (Å²) in [7, 11) is 0. The van der Waals surface area contributed by atoms with E-state index in [1.165, 1.54) is 0 Å². The number of halogens is 3. The van der Waals surface area contributed by atoms with E-state index in [-0.39, 0.29) is 0 Å². The molecule has 4 heteroatoms. The highest BCUT2D eigenvalue weighted by Gasteiger charge is 2.16. The number of benzene rings is 1. The molecule has 0 aliphatic carbocycles. The molecule has 0 fully saturated rings. The number of rotatable bonds is 4. The van der Waals surface area contributed by atoms with Gasteiger partial charge >= 0.3 is 0 Å². The van der Waals surface area contributed by atoms with Gasteiger partial charge in [-0.2, -0.15) is 0 Å². The summed E-state index contributed by atoms with van der Waals surface area (Å²) in [5, 5.41) is 1.18. The Morgan fingerprint density at radius 2 is 1.87 bits per heavy atom. The first-order valence-electron chi connectivity index (χ1n) is 4.84. The molecule has 84 valence electrons.